The van der Waals surface area contributed by atoms with Crippen molar-refractivity contribution < 1.29 is 0 Å². The van der Waals surface area contributed by atoms with Crippen LogP contribution in [-0.4, -0.2) is 42.6 Å². The number of anilines is 1. The highest BCUT2D eigenvalue weighted by Gasteiger charge is 2.23. The number of aryl methyl sites for hydroxylation is 1. The highest BCUT2D eigenvalue weighted by molar-refractivity contribution is 5.54. The van der Waals surface area contributed by atoms with Crippen molar-refractivity contribution in [3.05, 3.63) is 23.4 Å². The fraction of sp³-hybridized carbons (Fsp3) is 0.538. The molecule has 0 saturated carbocycles. The van der Waals surface area contributed by atoms with E-state index in [9.17, 15) is 0 Å². The average molecular weight is 230 g/mol. The molecule has 1 unspecified atom stereocenters. The predicted molar refractivity (Wildman–Crippen MR) is 68.0 cm³/mol. The summed E-state index contributed by atoms with van der Waals surface area (Å²) in [6.45, 7) is 7.05. The van der Waals surface area contributed by atoms with Crippen molar-refractivity contribution in [1.29, 1.82) is 5.26 Å². The maximum atomic E-state index is 9.13. The van der Waals surface area contributed by atoms with Gasteiger partial charge in [0.25, 0.3) is 0 Å². The first-order valence-corrected chi connectivity index (χ1v) is 5.94. The predicted octanol–water partition coefficient (Wildman–Crippen LogP) is 1.40. The lowest BCUT2D eigenvalue weighted by Crippen LogP contribution is -2.50. The lowest BCUT2D eigenvalue weighted by molar-refractivity contribution is 0.233. The van der Waals surface area contributed by atoms with E-state index in [1.165, 1.54) is 0 Å². The summed E-state index contributed by atoms with van der Waals surface area (Å²) in [6.07, 6.45) is 0. The van der Waals surface area contributed by atoms with Crippen molar-refractivity contribution in [1.82, 2.24) is 9.88 Å². The van der Waals surface area contributed by atoms with E-state index in [0.29, 0.717) is 11.6 Å². The molecule has 1 fully saturated rings. The van der Waals surface area contributed by atoms with Crippen LogP contribution in [0.1, 0.15) is 18.2 Å². The van der Waals surface area contributed by atoms with Gasteiger partial charge in [-0.1, -0.05) is 0 Å². The zero-order chi connectivity index (χ0) is 12.4. The molecule has 4 nitrogen and oxygen atoms in total. The Morgan fingerprint density at radius 1 is 1.41 bits per heavy atom. The molecule has 2 heterocycles. The van der Waals surface area contributed by atoms with E-state index in [-0.39, 0.29) is 0 Å². The first-order chi connectivity index (χ1) is 8.11. The van der Waals surface area contributed by atoms with Crippen LogP contribution in [0.2, 0.25) is 0 Å². The minimum absolute atomic E-state index is 0.498. The number of rotatable bonds is 1. The number of pyridine rings is 1. The summed E-state index contributed by atoms with van der Waals surface area (Å²) in [6, 6.07) is 6.48. The molecule has 1 saturated heterocycles. The van der Waals surface area contributed by atoms with Crippen LogP contribution in [0, 0.1) is 18.3 Å². The SMILES string of the molecule is Cc1ccc(C#N)c(N2CCN(C)C(C)C2)n1. The van der Waals surface area contributed by atoms with E-state index in [0.717, 1.165) is 31.1 Å². The van der Waals surface area contributed by atoms with E-state index in [4.69, 9.17) is 5.26 Å². The summed E-state index contributed by atoms with van der Waals surface area (Å²) in [5.74, 6) is 0.840. The third-order valence-electron chi connectivity index (χ3n) is 3.39. The van der Waals surface area contributed by atoms with Gasteiger partial charge in [-0.25, -0.2) is 4.98 Å². The van der Waals surface area contributed by atoms with Crippen LogP contribution in [0.25, 0.3) is 0 Å². The van der Waals surface area contributed by atoms with Gasteiger partial charge in [-0.05, 0) is 33.0 Å². The zero-order valence-corrected chi connectivity index (χ0v) is 10.6. The van der Waals surface area contributed by atoms with Gasteiger partial charge in [0.15, 0.2) is 0 Å². The summed E-state index contributed by atoms with van der Waals surface area (Å²) < 4.78 is 0. The first-order valence-electron chi connectivity index (χ1n) is 5.94. The zero-order valence-electron chi connectivity index (χ0n) is 10.6. The molecular weight excluding hydrogens is 212 g/mol. The minimum Gasteiger partial charge on any atom is -0.353 e. The summed E-state index contributed by atoms with van der Waals surface area (Å²) >= 11 is 0. The molecule has 0 bridgehead atoms. The number of aromatic nitrogens is 1. The van der Waals surface area contributed by atoms with E-state index in [2.05, 4.69) is 34.8 Å². The Balaban J connectivity index is 2.28. The Kier molecular flexibility index (Phi) is 3.30. The van der Waals surface area contributed by atoms with Gasteiger partial charge in [0, 0.05) is 31.4 Å². The molecule has 1 atom stereocenters. The monoisotopic (exact) mass is 230 g/mol. The average Bonchev–Trinajstić information content (AvgIpc) is 2.32. The standard InChI is InChI=1S/C13H18N4/c1-10-4-5-12(8-14)13(15-10)17-7-6-16(3)11(2)9-17/h4-5,11H,6-7,9H2,1-3H3. The Morgan fingerprint density at radius 2 is 2.18 bits per heavy atom. The molecule has 1 aromatic heterocycles. The highest BCUT2D eigenvalue weighted by Crippen LogP contribution is 2.20. The normalized spacial score (nSPS) is 21.3. The second-order valence-electron chi connectivity index (χ2n) is 4.71. The Labute approximate surface area is 102 Å². The second kappa shape index (κ2) is 4.72. The highest BCUT2D eigenvalue weighted by atomic mass is 15.3. The maximum absolute atomic E-state index is 9.13. The van der Waals surface area contributed by atoms with Crippen LogP contribution in [0.3, 0.4) is 0 Å². The van der Waals surface area contributed by atoms with E-state index in [1.807, 2.05) is 19.1 Å². The number of hydrogen-bond acceptors (Lipinski definition) is 4. The van der Waals surface area contributed by atoms with Crippen LogP contribution in [0.15, 0.2) is 12.1 Å². The van der Waals surface area contributed by atoms with Crippen LogP contribution in [0.4, 0.5) is 5.82 Å². The number of nitriles is 1. The largest absolute Gasteiger partial charge is 0.353 e. The molecule has 90 valence electrons. The van der Waals surface area contributed by atoms with Gasteiger partial charge in [-0.3, -0.25) is 0 Å². The van der Waals surface area contributed by atoms with E-state index < -0.39 is 0 Å². The Hall–Kier alpha value is -1.60. The molecule has 2 rings (SSSR count). The number of hydrogen-bond donors (Lipinski definition) is 0. The Morgan fingerprint density at radius 3 is 2.82 bits per heavy atom. The van der Waals surface area contributed by atoms with Gasteiger partial charge < -0.3 is 9.80 Å². The van der Waals surface area contributed by atoms with Crippen molar-refractivity contribution in [3.63, 3.8) is 0 Å². The third-order valence-corrected chi connectivity index (χ3v) is 3.39. The molecule has 1 aromatic rings. The summed E-state index contributed by atoms with van der Waals surface area (Å²) in [4.78, 5) is 9.06. The van der Waals surface area contributed by atoms with Crippen LogP contribution in [0.5, 0.6) is 0 Å². The number of nitrogens with zero attached hydrogens (tertiary/aromatic N) is 4. The molecule has 1 aliphatic rings. The molecule has 0 aliphatic carbocycles. The Bertz CT molecular complexity index is 449. The quantitative estimate of drug-likeness (QED) is 0.731. The summed E-state index contributed by atoms with van der Waals surface area (Å²) in [5, 5.41) is 9.13. The smallest absolute Gasteiger partial charge is 0.146 e. The van der Waals surface area contributed by atoms with Gasteiger partial charge in [-0.2, -0.15) is 5.26 Å². The second-order valence-corrected chi connectivity index (χ2v) is 4.71. The van der Waals surface area contributed by atoms with Gasteiger partial charge in [-0.15, -0.1) is 0 Å². The van der Waals surface area contributed by atoms with Gasteiger partial charge >= 0.3 is 0 Å². The number of likely N-dealkylation sites (N-methyl/N-ethyl adjacent to an activating group) is 1. The fourth-order valence-electron chi connectivity index (χ4n) is 2.11. The number of piperazine rings is 1. The van der Waals surface area contributed by atoms with Crippen molar-refractivity contribution in [2.75, 3.05) is 31.6 Å². The van der Waals surface area contributed by atoms with Crippen molar-refractivity contribution in [2.45, 2.75) is 19.9 Å². The molecular formula is C13H18N4. The molecule has 0 spiro atoms. The van der Waals surface area contributed by atoms with Crippen molar-refractivity contribution in [2.24, 2.45) is 0 Å². The first kappa shape index (κ1) is 11.9. The lowest BCUT2D eigenvalue weighted by atomic mass is 10.1. The minimum atomic E-state index is 0.498. The fourth-order valence-corrected chi connectivity index (χ4v) is 2.11. The van der Waals surface area contributed by atoms with Crippen molar-refractivity contribution in [3.8, 4) is 6.07 Å². The molecule has 0 radical (unpaired) electrons. The topological polar surface area (TPSA) is 43.2 Å². The van der Waals surface area contributed by atoms with Crippen LogP contribution in [-0.2, 0) is 0 Å². The van der Waals surface area contributed by atoms with Crippen LogP contribution >= 0.6 is 0 Å². The van der Waals surface area contributed by atoms with Crippen molar-refractivity contribution >= 4 is 5.82 Å². The molecule has 0 N–H and O–H groups in total. The van der Waals surface area contributed by atoms with Crippen LogP contribution < -0.4 is 4.90 Å². The van der Waals surface area contributed by atoms with Gasteiger partial charge in [0.05, 0.1) is 5.56 Å². The van der Waals surface area contributed by atoms with E-state index in [1.54, 1.807) is 0 Å². The van der Waals surface area contributed by atoms with Gasteiger partial charge in [0.2, 0.25) is 0 Å². The molecule has 0 aromatic carbocycles. The molecule has 1 aliphatic heterocycles. The summed E-state index contributed by atoms with van der Waals surface area (Å²) in [5.41, 5.74) is 1.64. The third kappa shape index (κ3) is 2.40. The molecule has 4 heteroatoms. The molecule has 17 heavy (non-hydrogen) atoms. The maximum Gasteiger partial charge on any atom is 0.146 e. The summed E-state index contributed by atoms with van der Waals surface area (Å²) in [7, 11) is 2.14. The van der Waals surface area contributed by atoms with E-state index >= 15 is 0 Å². The van der Waals surface area contributed by atoms with Gasteiger partial charge in [0.1, 0.15) is 11.9 Å². The molecule has 0 amide bonds. The lowest BCUT2D eigenvalue weighted by Gasteiger charge is -2.38.